The third kappa shape index (κ3) is 2.61. The highest BCUT2D eigenvalue weighted by molar-refractivity contribution is 5.80. The molecule has 0 unspecified atom stereocenters. The van der Waals surface area contributed by atoms with E-state index in [1.165, 1.54) is 0 Å². The summed E-state index contributed by atoms with van der Waals surface area (Å²) in [5.74, 6) is 0. The Labute approximate surface area is 96.4 Å². The Hall–Kier alpha value is -2.04. The van der Waals surface area contributed by atoms with Gasteiger partial charge in [-0.25, -0.2) is 0 Å². The fourth-order valence-electron chi connectivity index (χ4n) is 1.27. The number of rotatable bonds is 1. The maximum Gasteiger partial charge on any atom is 0.417 e. The van der Waals surface area contributed by atoms with Crippen LogP contribution < -0.4 is 0 Å². The van der Waals surface area contributed by atoms with E-state index >= 15 is 0 Å². The van der Waals surface area contributed by atoms with Gasteiger partial charge < -0.3 is 0 Å². The van der Waals surface area contributed by atoms with Gasteiger partial charge in [0.05, 0.1) is 16.7 Å². The quantitative estimate of drug-likeness (QED) is 0.578. The average molecular weight is 267 g/mol. The lowest BCUT2D eigenvalue weighted by atomic mass is 9.98. The summed E-state index contributed by atoms with van der Waals surface area (Å²) in [5.41, 5.74) is -5.47. The van der Waals surface area contributed by atoms with Gasteiger partial charge in [-0.2, -0.15) is 31.6 Å². The normalized spacial score (nSPS) is 12.1. The van der Waals surface area contributed by atoms with Crippen molar-refractivity contribution in [3.05, 3.63) is 34.4 Å². The van der Waals surface area contributed by atoms with Crippen molar-refractivity contribution in [2.24, 2.45) is 0 Å². The van der Waals surface area contributed by atoms with E-state index in [4.69, 9.17) is 5.26 Å². The molecule has 2 nitrogen and oxygen atoms in total. The molecule has 0 radical (unpaired) electrons. The summed E-state index contributed by atoms with van der Waals surface area (Å²) < 4.78 is 74.5. The SMILES string of the molecule is N#Cc1c(C=O)cc(C(F)(F)F)cc1C(F)(F)F. The highest BCUT2D eigenvalue weighted by atomic mass is 19.4. The molecule has 18 heavy (non-hydrogen) atoms. The molecule has 1 rings (SSSR count). The fourth-order valence-corrected chi connectivity index (χ4v) is 1.27. The molecule has 0 saturated heterocycles. The number of carbonyl (C=O) groups is 1. The van der Waals surface area contributed by atoms with Gasteiger partial charge >= 0.3 is 12.4 Å². The summed E-state index contributed by atoms with van der Waals surface area (Å²) in [4.78, 5) is 10.5. The van der Waals surface area contributed by atoms with E-state index < -0.39 is 34.6 Å². The first kappa shape index (κ1) is 14.0. The maximum atomic E-state index is 12.5. The second kappa shape index (κ2) is 4.33. The molecule has 0 aliphatic carbocycles. The highest BCUT2D eigenvalue weighted by Crippen LogP contribution is 2.38. The lowest BCUT2D eigenvalue weighted by molar-refractivity contribution is -0.143. The number of nitrogens with zero attached hydrogens (tertiary/aromatic N) is 1. The van der Waals surface area contributed by atoms with E-state index in [0.29, 0.717) is 0 Å². The first-order valence-corrected chi connectivity index (χ1v) is 4.29. The van der Waals surface area contributed by atoms with E-state index in [2.05, 4.69) is 0 Å². The Morgan fingerprint density at radius 3 is 1.94 bits per heavy atom. The van der Waals surface area contributed by atoms with Crippen molar-refractivity contribution in [2.75, 3.05) is 0 Å². The molecule has 0 spiro atoms. The topological polar surface area (TPSA) is 40.9 Å². The molecule has 0 saturated carbocycles. The number of hydrogen-bond donors (Lipinski definition) is 0. The van der Waals surface area contributed by atoms with Crippen LogP contribution in [0.4, 0.5) is 26.3 Å². The van der Waals surface area contributed by atoms with Crippen LogP contribution >= 0.6 is 0 Å². The number of halogens is 6. The van der Waals surface area contributed by atoms with Crippen LogP contribution in [-0.4, -0.2) is 6.29 Å². The van der Waals surface area contributed by atoms with E-state index in [1.807, 2.05) is 0 Å². The summed E-state index contributed by atoms with van der Waals surface area (Å²) in [5, 5.41) is 8.50. The van der Waals surface area contributed by atoms with E-state index in [0.717, 1.165) is 6.07 Å². The standard InChI is InChI=1S/C10H3F6NO/c11-9(12,13)6-1-5(4-18)7(3-17)8(2-6)10(14,15)16/h1-2,4H. The zero-order valence-corrected chi connectivity index (χ0v) is 8.36. The van der Waals surface area contributed by atoms with Gasteiger partial charge in [-0.05, 0) is 12.1 Å². The Kier molecular flexibility index (Phi) is 3.37. The van der Waals surface area contributed by atoms with Crippen LogP contribution in [0.15, 0.2) is 12.1 Å². The van der Waals surface area contributed by atoms with Crippen molar-refractivity contribution in [3.8, 4) is 6.07 Å². The second-order valence-corrected chi connectivity index (χ2v) is 3.21. The van der Waals surface area contributed by atoms with Crippen LogP contribution in [0.1, 0.15) is 27.0 Å². The smallest absolute Gasteiger partial charge is 0.298 e. The van der Waals surface area contributed by atoms with E-state index in [9.17, 15) is 31.1 Å². The van der Waals surface area contributed by atoms with Crippen LogP contribution in [0.2, 0.25) is 0 Å². The minimum atomic E-state index is -5.15. The lowest BCUT2D eigenvalue weighted by Crippen LogP contribution is -2.14. The molecule has 0 heterocycles. The minimum Gasteiger partial charge on any atom is -0.298 e. The Morgan fingerprint density at radius 2 is 1.61 bits per heavy atom. The highest BCUT2D eigenvalue weighted by Gasteiger charge is 2.39. The fraction of sp³-hybridized carbons (Fsp3) is 0.200. The number of hydrogen-bond acceptors (Lipinski definition) is 2. The molecule has 1 aromatic rings. The molecule has 0 amide bonds. The molecule has 0 bridgehead atoms. The van der Waals surface area contributed by atoms with Crippen molar-refractivity contribution in [1.29, 1.82) is 5.26 Å². The molecule has 0 N–H and O–H groups in total. The Balaban J connectivity index is 3.69. The van der Waals surface area contributed by atoms with Gasteiger partial charge in [0.1, 0.15) is 6.07 Å². The summed E-state index contributed by atoms with van der Waals surface area (Å²) in [6.07, 6.45) is -10.4. The summed E-state index contributed by atoms with van der Waals surface area (Å²) in [7, 11) is 0. The van der Waals surface area contributed by atoms with Crippen LogP contribution in [0.5, 0.6) is 0 Å². The largest absolute Gasteiger partial charge is 0.417 e. The molecular weight excluding hydrogens is 264 g/mol. The van der Waals surface area contributed by atoms with Gasteiger partial charge in [0.25, 0.3) is 0 Å². The predicted molar refractivity (Wildman–Crippen MR) is 46.5 cm³/mol. The van der Waals surface area contributed by atoms with Crippen LogP contribution in [0, 0.1) is 11.3 Å². The number of nitriles is 1. The number of alkyl halides is 6. The predicted octanol–water partition coefficient (Wildman–Crippen LogP) is 3.41. The molecule has 0 aliphatic rings. The van der Waals surface area contributed by atoms with Gasteiger partial charge in [0.2, 0.25) is 0 Å². The van der Waals surface area contributed by atoms with Gasteiger partial charge in [-0.3, -0.25) is 4.79 Å². The van der Waals surface area contributed by atoms with Gasteiger partial charge in [0, 0.05) is 5.56 Å². The average Bonchev–Trinajstić information content (AvgIpc) is 2.24. The summed E-state index contributed by atoms with van der Waals surface area (Å²) in [6.45, 7) is 0. The first-order valence-electron chi connectivity index (χ1n) is 4.29. The van der Waals surface area contributed by atoms with Crippen LogP contribution in [0.3, 0.4) is 0 Å². The Bertz CT molecular complexity index is 523. The summed E-state index contributed by atoms with van der Waals surface area (Å²) >= 11 is 0. The molecule has 0 aromatic heterocycles. The molecule has 0 aliphatic heterocycles. The van der Waals surface area contributed by atoms with E-state index in [1.54, 1.807) is 0 Å². The van der Waals surface area contributed by atoms with Crippen LogP contribution in [-0.2, 0) is 12.4 Å². The van der Waals surface area contributed by atoms with Crippen molar-refractivity contribution in [1.82, 2.24) is 0 Å². The monoisotopic (exact) mass is 267 g/mol. The lowest BCUT2D eigenvalue weighted by Gasteiger charge is -2.14. The number of benzene rings is 1. The number of aldehydes is 1. The van der Waals surface area contributed by atoms with Crippen molar-refractivity contribution in [3.63, 3.8) is 0 Å². The molecule has 96 valence electrons. The third-order valence-electron chi connectivity index (χ3n) is 2.04. The minimum absolute atomic E-state index is 0.189. The summed E-state index contributed by atoms with van der Waals surface area (Å²) in [6, 6.07) is 1.10. The zero-order chi connectivity index (χ0) is 14.1. The van der Waals surface area contributed by atoms with Gasteiger partial charge in [-0.1, -0.05) is 0 Å². The zero-order valence-electron chi connectivity index (χ0n) is 8.36. The van der Waals surface area contributed by atoms with Gasteiger partial charge in [-0.15, -0.1) is 0 Å². The third-order valence-corrected chi connectivity index (χ3v) is 2.04. The molecule has 0 fully saturated rings. The Morgan fingerprint density at radius 1 is 1.06 bits per heavy atom. The van der Waals surface area contributed by atoms with E-state index in [-0.39, 0.29) is 18.4 Å². The second-order valence-electron chi connectivity index (χ2n) is 3.21. The maximum absolute atomic E-state index is 12.5. The molecule has 8 heteroatoms. The van der Waals surface area contributed by atoms with Gasteiger partial charge in [0.15, 0.2) is 6.29 Å². The van der Waals surface area contributed by atoms with Crippen LogP contribution in [0.25, 0.3) is 0 Å². The molecular formula is C10H3F6NO. The van der Waals surface area contributed by atoms with Crippen molar-refractivity contribution in [2.45, 2.75) is 12.4 Å². The molecule has 0 atom stereocenters. The van der Waals surface area contributed by atoms with Crippen molar-refractivity contribution < 1.29 is 31.1 Å². The van der Waals surface area contributed by atoms with Crippen molar-refractivity contribution >= 4 is 6.29 Å². The first-order chi connectivity index (χ1) is 8.11. The molecule has 1 aromatic carbocycles. The number of carbonyl (C=O) groups excluding carboxylic acids is 1.